The Kier molecular flexibility index (Phi) is 2.32. The number of nitrogen functional groups attached to an aromatic ring is 2. The largest absolute Gasteiger partial charge is 0.505 e. The van der Waals surface area contributed by atoms with Crippen molar-refractivity contribution in [3.05, 3.63) is 30.2 Å². The summed E-state index contributed by atoms with van der Waals surface area (Å²) >= 11 is 0. The fourth-order valence-electron chi connectivity index (χ4n) is 1.31. The Labute approximate surface area is 90.6 Å². The highest BCUT2D eigenvalue weighted by Crippen LogP contribution is 2.28. The minimum absolute atomic E-state index is 0.0626. The van der Waals surface area contributed by atoms with Crippen molar-refractivity contribution < 1.29 is 9.50 Å². The van der Waals surface area contributed by atoms with E-state index in [0.29, 0.717) is 11.1 Å². The van der Waals surface area contributed by atoms with E-state index in [9.17, 15) is 9.50 Å². The van der Waals surface area contributed by atoms with Crippen molar-refractivity contribution in [2.24, 2.45) is 0 Å². The third-order valence-electron chi connectivity index (χ3n) is 2.09. The molecule has 5 N–H and O–H groups in total. The molecule has 2 rings (SSSR count). The van der Waals surface area contributed by atoms with Gasteiger partial charge in [-0.25, -0.2) is 9.37 Å². The first-order valence-electron chi connectivity index (χ1n) is 4.45. The second-order valence-corrected chi connectivity index (χ2v) is 3.19. The standard InChI is InChI=1S/C10H9FN4O/c11-7-2-1-5(3-8(7)16)6-4-14-10(13)15-9(6)12/h1-4,16H,(H4,12,13,14,15). The number of phenols is 1. The van der Waals surface area contributed by atoms with Crippen molar-refractivity contribution in [1.29, 1.82) is 0 Å². The molecule has 0 spiro atoms. The molecule has 1 aromatic carbocycles. The summed E-state index contributed by atoms with van der Waals surface area (Å²) in [6, 6.07) is 3.86. The topological polar surface area (TPSA) is 98.0 Å². The smallest absolute Gasteiger partial charge is 0.221 e. The zero-order valence-electron chi connectivity index (χ0n) is 8.18. The normalized spacial score (nSPS) is 10.3. The average molecular weight is 220 g/mol. The maximum Gasteiger partial charge on any atom is 0.221 e. The molecule has 0 aliphatic heterocycles. The molecule has 16 heavy (non-hydrogen) atoms. The molecular weight excluding hydrogens is 211 g/mol. The molecule has 0 fully saturated rings. The number of nitrogens with zero attached hydrogens (tertiary/aromatic N) is 2. The lowest BCUT2D eigenvalue weighted by atomic mass is 10.1. The van der Waals surface area contributed by atoms with Gasteiger partial charge in [0.2, 0.25) is 5.95 Å². The van der Waals surface area contributed by atoms with Gasteiger partial charge in [-0.15, -0.1) is 0 Å². The SMILES string of the molecule is Nc1ncc(-c2ccc(F)c(O)c2)c(N)n1. The summed E-state index contributed by atoms with van der Waals surface area (Å²) in [5, 5.41) is 9.23. The van der Waals surface area contributed by atoms with Crippen LogP contribution in [-0.4, -0.2) is 15.1 Å². The Morgan fingerprint density at radius 3 is 2.62 bits per heavy atom. The Bertz CT molecular complexity index is 544. The van der Waals surface area contributed by atoms with E-state index in [2.05, 4.69) is 9.97 Å². The minimum Gasteiger partial charge on any atom is -0.505 e. The van der Waals surface area contributed by atoms with E-state index in [0.717, 1.165) is 6.07 Å². The quantitative estimate of drug-likeness (QED) is 0.669. The Balaban J connectivity index is 2.54. The number of aromatic hydroxyl groups is 1. The molecule has 0 aliphatic rings. The molecule has 1 heterocycles. The second-order valence-electron chi connectivity index (χ2n) is 3.19. The van der Waals surface area contributed by atoms with Crippen molar-refractivity contribution in [3.8, 4) is 16.9 Å². The Morgan fingerprint density at radius 1 is 1.25 bits per heavy atom. The van der Waals surface area contributed by atoms with Crippen LogP contribution in [0, 0.1) is 5.82 Å². The summed E-state index contributed by atoms with van der Waals surface area (Å²) in [5.74, 6) is -0.904. The highest BCUT2D eigenvalue weighted by Gasteiger charge is 2.08. The van der Waals surface area contributed by atoms with Gasteiger partial charge < -0.3 is 16.6 Å². The maximum atomic E-state index is 12.8. The van der Waals surface area contributed by atoms with Crippen LogP contribution in [0.25, 0.3) is 11.1 Å². The molecule has 2 aromatic rings. The second kappa shape index (κ2) is 3.65. The molecule has 0 saturated carbocycles. The summed E-state index contributed by atoms with van der Waals surface area (Å²) in [6.45, 7) is 0. The highest BCUT2D eigenvalue weighted by molar-refractivity contribution is 5.74. The van der Waals surface area contributed by atoms with E-state index >= 15 is 0 Å². The summed E-state index contributed by atoms with van der Waals surface area (Å²) in [6.07, 6.45) is 1.42. The third-order valence-corrected chi connectivity index (χ3v) is 2.09. The fraction of sp³-hybridized carbons (Fsp3) is 0. The van der Waals surface area contributed by atoms with Gasteiger partial charge in [-0.1, -0.05) is 6.07 Å². The molecule has 82 valence electrons. The molecular formula is C10H9FN4O. The van der Waals surface area contributed by atoms with Crippen LogP contribution in [0.2, 0.25) is 0 Å². The van der Waals surface area contributed by atoms with Crippen molar-refractivity contribution in [2.75, 3.05) is 11.5 Å². The molecule has 1 aromatic heterocycles. The van der Waals surface area contributed by atoms with Gasteiger partial charge in [0, 0.05) is 11.8 Å². The van der Waals surface area contributed by atoms with Gasteiger partial charge in [-0.05, 0) is 17.7 Å². The van der Waals surface area contributed by atoms with Crippen LogP contribution in [0.3, 0.4) is 0 Å². The lowest BCUT2D eigenvalue weighted by Gasteiger charge is -2.05. The van der Waals surface area contributed by atoms with Crippen LogP contribution in [0.4, 0.5) is 16.2 Å². The number of halogens is 1. The van der Waals surface area contributed by atoms with Gasteiger partial charge in [0.05, 0.1) is 0 Å². The predicted octanol–water partition coefficient (Wildman–Crippen LogP) is 1.15. The molecule has 0 bridgehead atoms. The molecule has 0 radical (unpaired) electrons. The molecule has 0 saturated heterocycles. The van der Waals surface area contributed by atoms with E-state index in [1.54, 1.807) is 0 Å². The van der Waals surface area contributed by atoms with Crippen molar-refractivity contribution in [1.82, 2.24) is 9.97 Å². The fourth-order valence-corrected chi connectivity index (χ4v) is 1.31. The van der Waals surface area contributed by atoms with Crippen LogP contribution in [-0.2, 0) is 0 Å². The number of hydrogen-bond acceptors (Lipinski definition) is 5. The average Bonchev–Trinajstić information content (AvgIpc) is 2.22. The molecule has 0 aliphatic carbocycles. The Morgan fingerprint density at radius 2 is 2.00 bits per heavy atom. The van der Waals surface area contributed by atoms with E-state index < -0.39 is 11.6 Å². The summed E-state index contributed by atoms with van der Waals surface area (Å²) in [4.78, 5) is 7.55. The zero-order chi connectivity index (χ0) is 11.7. The number of anilines is 2. The number of rotatable bonds is 1. The molecule has 6 heteroatoms. The monoisotopic (exact) mass is 220 g/mol. The Hall–Kier alpha value is -2.37. The van der Waals surface area contributed by atoms with Crippen LogP contribution in [0.1, 0.15) is 0 Å². The minimum atomic E-state index is -0.696. The van der Waals surface area contributed by atoms with E-state index in [1.165, 1.54) is 18.3 Å². The van der Waals surface area contributed by atoms with Gasteiger partial charge in [-0.3, -0.25) is 0 Å². The molecule has 5 nitrogen and oxygen atoms in total. The van der Waals surface area contributed by atoms with E-state index in [1.807, 2.05) is 0 Å². The van der Waals surface area contributed by atoms with Gasteiger partial charge in [0.25, 0.3) is 0 Å². The highest BCUT2D eigenvalue weighted by atomic mass is 19.1. The summed E-state index contributed by atoms with van der Waals surface area (Å²) < 4.78 is 12.8. The number of hydrogen-bond donors (Lipinski definition) is 3. The van der Waals surface area contributed by atoms with Crippen molar-refractivity contribution in [3.63, 3.8) is 0 Å². The van der Waals surface area contributed by atoms with Crippen molar-refractivity contribution >= 4 is 11.8 Å². The predicted molar refractivity (Wildman–Crippen MR) is 57.9 cm³/mol. The summed E-state index contributed by atoms with van der Waals surface area (Å²) in [7, 11) is 0. The lowest BCUT2D eigenvalue weighted by molar-refractivity contribution is 0.433. The molecule has 0 atom stereocenters. The third kappa shape index (κ3) is 1.72. The zero-order valence-corrected chi connectivity index (χ0v) is 8.18. The van der Waals surface area contributed by atoms with Crippen LogP contribution in [0.15, 0.2) is 24.4 Å². The molecule has 0 amide bonds. The van der Waals surface area contributed by atoms with Gasteiger partial charge in [0.1, 0.15) is 5.82 Å². The maximum absolute atomic E-state index is 12.8. The van der Waals surface area contributed by atoms with Crippen LogP contribution >= 0.6 is 0 Å². The number of nitrogens with two attached hydrogens (primary N) is 2. The van der Waals surface area contributed by atoms with Crippen LogP contribution in [0.5, 0.6) is 5.75 Å². The first-order valence-corrected chi connectivity index (χ1v) is 4.45. The number of phenolic OH excluding ortho intramolecular Hbond substituents is 1. The first kappa shape index (κ1) is 10.2. The van der Waals surface area contributed by atoms with Crippen molar-refractivity contribution in [2.45, 2.75) is 0 Å². The van der Waals surface area contributed by atoms with E-state index in [4.69, 9.17) is 11.5 Å². The van der Waals surface area contributed by atoms with Gasteiger partial charge in [-0.2, -0.15) is 4.98 Å². The van der Waals surface area contributed by atoms with Crippen LogP contribution < -0.4 is 11.5 Å². The first-order chi connectivity index (χ1) is 7.58. The number of aromatic nitrogens is 2. The molecule has 0 unspecified atom stereocenters. The summed E-state index contributed by atoms with van der Waals surface area (Å²) in [5.41, 5.74) is 12.0. The van der Waals surface area contributed by atoms with Gasteiger partial charge >= 0.3 is 0 Å². The van der Waals surface area contributed by atoms with Gasteiger partial charge in [0.15, 0.2) is 11.6 Å². The lowest BCUT2D eigenvalue weighted by Crippen LogP contribution is -2.00. The van der Waals surface area contributed by atoms with E-state index in [-0.39, 0.29) is 11.8 Å². The number of benzene rings is 1.